The summed E-state index contributed by atoms with van der Waals surface area (Å²) >= 11 is 0. The van der Waals surface area contributed by atoms with Crippen molar-refractivity contribution < 1.29 is 23.9 Å². The van der Waals surface area contributed by atoms with Gasteiger partial charge in [0.25, 0.3) is 5.91 Å². The third kappa shape index (κ3) is 2.28. The van der Waals surface area contributed by atoms with Crippen LogP contribution in [-0.2, 0) is 11.3 Å². The van der Waals surface area contributed by atoms with Crippen molar-refractivity contribution in [2.45, 2.75) is 44.2 Å². The van der Waals surface area contributed by atoms with Crippen LogP contribution in [0.1, 0.15) is 48.2 Å². The summed E-state index contributed by atoms with van der Waals surface area (Å²) in [6, 6.07) is 0.893. The van der Waals surface area contributed by atoms with E-state index in [1.54, 1.807) is 0 Å². The van der Waals surface area contributed by atoms with Crippen molar-refractivity contribution in [3.05, 3.63) is 23.7 Å². The molecule has 1 spiro atoms. The fourth-order valence-electron chi connectivity index (χ4n) is 3.05. The number of carboxylic acid groups (broad SMARTS) is 1. The van der Waals surface area contributed by atoms with Crippen LogP contribution in [0.25, 0.3) is 0 Å². The summed E-state index contributed by atoms with van der Waals surface area (Å²) in [7, 11) is 0. The first-order valence-corrected chi connectivity index (χ1v) is 6.97. The fraction of sp³-hybridized carbons (Fsp3) is 0.500. The van der Waals surface area contributed by atoms with Gasteiger partial charge in [-0.25, -0.2) is 9.59 Å². The van der Waals surface area contributed by atoms with Crippen LogP contribution in [0.4, 0.5) is 4.79 Å². The van der Waals surface area contributed by atoms with E-state index in [2.05, 4.69) is 5.32 Å². The van der Waals surface area contributed by atoms with Gasteiger partial charge in [0.15, 0.2) is 0 Å². The van der Waals surface area contributed by atoms with Crippen LogP contribution in [0.15, 0.2) is 16.7 Å². The van der Waals surface area contributed by atoms with Crippen LogP contribution >= 0.6 is 0 Å². The number of amides is 3. The monoisotopic (exact) mass is 292 g/mol. The predicted octanol–water partition coefficient (Wildman–Crippen LogP) is 1.73. The number of rotatable bonds is 3. The molecule has 0 atom stereocenters. The molecule has 3 rings (SSSR count). The van der Waals surface area contributed by atoms with Gasteiger partial charge in [0, 0.05) is 0 Å². The molecule has 2 N–H and O–H groups in total. The van der Waals surface area contributed by atoms with E-state index in [-0.39, 0.29) is 23.8 Å². The molecule has 0 unspecified atom stereocenters. The molecule has 7 heteroatoms. The van der Waals surface area contributed by atoms with E-state index in [1.165, 1.54) is 6.07 Å². The van der Waals surface area contributed by atoms with Crippen LogP contribution < -0.4 is 5.32 Å². The Labute approximate surface area is 120 Å². The summed E-state index contributed by atoms with van der Waals surface area (Å²) in [6.07, 6.45) is 5.34. The summed E-state index contributed by atoms with van der Waals surface area (Å²) in [5.41, 5.74) is -0.762. The second-order valence-electron chi connectivity index (χ2n) is 5.57. The molecular weight excluding hydrogens is 276 g/mol. The quantitative estimate of drug-likeness (QED) is 0.826. The highest BCUT2D eigenvalue weighted by Gasteiger charge is 2.51. The lowest BCUT2D eigenvalue weighted by atomic mass is 9.82. The van der Waals surface area contributed by atoms with Crippen LogP contribution in [0, 0.1) is 0 Å². The van der Waals surface area contributed by atoms with Gasteiger partial charge in [0.1, 0.15) is 17.6 Å². The second kappa shape index (κ2) is 4.91. The van der Waals surface area contributed by atoms with Crippen LogP contribution in [0.5, 0.6) is 0 Å². The highest BCUT2D eigenvalue weighted by Crippen LogP contribution is 2.34. The van der Waals surface area contributed by atoms with E-state index in [9.17, 15) is 14.4 Å². The lowest BCUT2D eigenvalue weighted by Crippen LogP contribution is -2.48. The number of hydrogen-bond donors (Lipinski definition) is 2. The first kappa shape index (κ1) is 13.7. The maximum absolute atomic E-state index is 12.5. The molecule has 1 saturated heterocycles. The van der Waals surface area contributed by atoms with Gasteiger partial charge in [-0.2, -0.15) is 0 Å². The number of imide groups is 1. The van der Waals surface area contributed by atoms with Crippen molar-refractivity contribution in [1.29, 1.82) is 0 Å². The smallest absolute Gasteiger partial charge is 0.338 e. The van der Waals surface area contributed by atoms with Gasteiger partial charge in [-0.15, -0.1) is 0 Å². The summed E-state index contributed by atoms with van der Waals surface area (Å²) in [5.74, 6) is -1.06. The first-order chi connectivity index (χ1) is 10.0. The molecule has 3 amide bonds. The van der Waals surface area contributed by atoms with E-state index in [0.29, 0.717) is 12.8 Å². The largest absolute Gasteiger partial charge is 0.478 e. The zero-order valence-corrected chi connectivity index (χ0v) is 11.4. The number of furan rings is 1. The molecule has 21 heavy (non-hydrogen) atoms. The average molecular weight is 292 g/mol. The Morgan fingerprint density at radius 2 is 2.05 bits per heavy atom. The SMILES string of the molecule is O=C(O)c1coc(CN2C(=O)NC3(CCCCC3)C2=O)c1. The molecule has 7 nitrogen and oxygen atoms in total. The van der Waals surface area contributed by atoms with Gasteiger partial charge in [-0.3, -0.25) is 9.69 Å². The van der Waals surface area contributed by atoms with Gasteiger partial charge in [-0.05, 0) is 18.9 Å². The van der Waals surface area contributed by atoms with Gasteiger partial charge in [-0.1, -0.05) is 19.3 Å². The van der Waals surface area contributed by atoms with Crippen molar-refractivity contribution in [2.24, 2.45) is 0 Å². The first-order valence-electron chi connectivity index (χ1n) is 6.97. The molecule has 1 aromatic heterocycles. The van der Waals surface area contributed by atoms with Crippen LogP contribution in [0.2, 0.25) is 0 Å². The number of nitrogens with zero attached hydrogens (tertiary/aromatic N) is 1. The van der Waals surface area contributed by atoms with Crippen molar-refractivity contribution in [3.8, 4) is 0 Å². The Morgan fingerprint density at radius 3 is 2.67 bits per heavy atom. The minimum absolute atomic E-state index is 0.00411. The molecule has 0 radical (unpaired) electrons. The number of carbonyl (C=O) groups excluding carboxylic acids is 2. The Bertz CT molecular complexity index is 600. The third-order valence-electron chi connectivity index (χ3n) is 4.17. The van der Waals surface area contributed by atoms with Crippen molar-refractivity contribution in [3.63, 3.8) is 0 Å². The maximum atomic E-state index is 12.5. The lowest BCUT2D eigenvalue weighted by molar-refractivity contribution is -0.133. The predicted molar refractivity (Wildman–Crippen MR) is 70.6 cm³/mol. The number of urea groups is 1. The van der Waals surface area contributed by atoms with Crippen molar-refractivity contribution >= 4 is 17.9 Å². The van der Waals surface area contributed by atoms with Crippen LogP contribution in [-0.4, -0.2) is 33.5 Å². The topological polar surface area (TPSA) is 99.8 Å². The molecule has 2 heterocycles. The molecule has 2 aliphatic rings. The highest BCUT2D eigenvalue weighted by atomic mass is 16.4. The number of nitrogens with one attached hydrogen (secondary N) is 1. The molecule has 1 saturated carbocycles. The van der Waals surface area contributed by atoms with Crippen molar-refractivity contribution in [2.75, 3.05) is 0 Å². The summed E-state index contributed by atoms with van der Waals surface area (Å²) in [5, 5.41) is 11.6. The Kier molecular flexibility index (Phi) is 3.19. The highest BCUT2D eigenvalue weighted by molar-refractivity contribution is 6.07. The van der Waals surface area contributed by atoms with E-state index in [1.807, 2.05) is 0 Å². The van der Waals surface area contributed by atoms with Gasteiger partial charge >= 0.3 is 12.0 Å². The molecule has 0 aromatic carbocycles. The number of aromatic carboxylic acids is 1. The van der Waals surface area contributed by atoms with Crippen LogP contribution in [0.3, 0.4) is 0 Å². The molecule has 2 fully saturated rings. The van der Waals surface area contributed by atoms with E-state index < -0.39 is 17.5 Å². The maximum Gasteiger partial charge on any atom is 0.338 e. The minimum Gasteiger partial charge on any atom is -0.478 e. The fourth-order valence-corrected chi connectivity index (χ4v) is 3.05. The molecule has 0 bridgehead atoms. The standard InChI is InChI=1S/C14H16N2O5/c17-11(18)9-6-10(21-8-9)7-16-12(19)14(15-13(16)20)4-2-1-3-5-14/h6,8H,1-5,7H2,(H,15,20)(H,17,18). The third-order valence-corrected chi connectivity index (χ3v) is 4.17. The van der Waals surface area contributed by atoms with Gasteiger partial charge < -0.3 is 14.8 Å². The van der Waals surface area contributed by atoms with Crippen molar-refractivity contribution in [1.82, 2.24) is 10.2 Å². The zero-order chi connectivity index (χ0) is 15.0. The minimum atomic E-state index is -1.11. The zero-order valence-electron chi connectivity index (χ0n) is 11.4. The lowest BCUT2D eigenvalue weighted by Gasteiger charge is -2.30. The molecular formula is C14H16N2O5. The molecule has 1 aliphatic carbocycles. The number of carboxylic acids is 1. The Hall–Kier alpha value is -2.31. The van der Waals surface area contributed by atoms with E-state index in [4.69, 9.17) is 9.52 Å². The number of carbonyl (C=O) groups is 3. The summed E-state index contributed by atoms with van der Waals surface area (Å²) in [4.78, 5) is 36.5. The summed E-state index contributed by atoms with van der Waals surface area (Å²) < 4.78 is 5.11. The Morgan fingerprint density at radius 1 is 1.33 bits per heavy atom. The summed E-state index contributed by atoms with van der Waals surface area (Å²) in [6.45, 7) is -0.0420. The Balaban J connectivity index is 1.77. The van der Waals surface area contributed by atoms with E-state index in [0.717, 1.165) is 30.4 Å². The van der Waals surface area contributed by atoms with Gasteiger partial charge in [0.05, 0.1) is 12.1 Å². The molecule has 1 aliphatic heterocycles. The second-order valence-corrected chi connectivity index (χ2v) is 5.57. The average Bonchev–Trinajstić information content (AvgIpc) is 3.00. The van der Waals surface area contributed by atoms with E-state index >= 15 is 0 Å². The normalized spacial score (nSPS) is 20.9. The number of hydrogen-bond acceptors (Lipinski definition) is 4. The molecule has 1 aromatic rings. The van der Waals surface area contributed by atoms with Gasteiger partial charge in [0.2, 0.25) is 0 Å². The molecule has 112 valence electrons.